The van der Waals surface area contributed by atoms with Crippen molar-refractivity contribution >= 4 is 5.57 Å². The molecule has 0 fully saturated rings. The normalized spacial score (nSPS) is 11.6. The predicted molar refractivity (Wildman–Crippen MR) is 137 cm³/mol. The SMILES string of the molecule is C=C/C=C\C(=C/CC)c1nnc(-c2ccc(C(C)(C)CC(C)C)cc2C)o1.CC.CC. The van der Waals surface area contributed by atoms with Gasteiger partial charge < -0.3 is 4.42 Å². The fourth-order valence-corrected chi connectivity index (χ4v) is 3.53. The Morgan fingerprint density at radius 1 is 1.13 bits per heavy atom. The van der Waals surface area contributed by atoms with E-state index in [9.17, 15) is 0 Å². The lowest BCUT2D eigenvalue weighted by molar-refractivity contribution is 0.399. The van der Waals surface area contributed by atoms with Gasteiger partial charge in [0.25, 0.3) is 0 Å². The lowest BCUT2D eigenvalue weighted by atomic mass is 9.77. The molecule has 0 unspecified atom stereocenters. The van der Waals surface area contributed by atoms with Crippen LogP contribution in [0.3, 0.4) is 0 Å². The first-order valence-corrected chi connectivity index (χ1v) is 11.7. The van der Waals surface area contributed by atoms with E-state index in [0.29, 0.717) is 17.7 Å². The summed E-state index contributed by atoms with van der Waals surface area (Å²) in [4.78, 5) is 0. The fraction of sp³-hybridized carbons (Fsp3) is 0.500. The van der Waals surface area contributed by atoms with Crippen LogP contribution in [0.4, 0.5) is 0 Å². The molecule has 0 atom stereocenters. The molecule has 0 saturated carbocycles. The van der Waals surface area contributed by atoms with Crippen LogP contribution >= 0.6 is 0 Å². The standard InChI is InChI=1S/C24H32N2O.2C2H6/c1-8-10-12-19(11-9-2)22-25-26-23(27-22)21-14-13-20(15-18(21)5)24(6,7)16-17(3)4;2*1-2/h8,10-15,17H,1,9,16H2,2-7H3;2*1-2H3/b12-10-,19-11+;;. The van der Waals surface area contributed by atoms with E-state index in [-0.39, 0.29) is 5.41 Å². The summed E-state index contributed by atoms with van der Waals surface area (Å²) in [5.41, 5.74) is 4.55. The summed E-state index contributed by atoms with van der Waals surface area (Å²) in [5, 5.41) is 8.53. The van der Waals surface area contributed by atoms with Crippen LogP contribution < -0.4 is 0 Å². The van der Waals surface area contributed by atoms with Crippen LogP contribution in [0.25, 0.3) is 17.0 Å². The van der Waals surface area contributed by atoms with Crippen molar-refractivity contribution in [3.05, 3.63) is 66.1 Å². The molecule has 1 aromatic carbocycles. The Morgan fingerprint density at radius 3 is 2.29 bits per heavy atom. The number of nitrogens with zero attached hydrogens (tertiary/aromatic N) is 2. The average molecular weight is 425 g/mol. The van der Waals surface area contributed by atoms with Crippen molar-refractivity contribution < 1.29 is 4.42 Å². The Kier molecular flexibility index (Phi) is 13.4. The molecule has 0 N–H and O–H groups in total. The maximum absolute atomic E-state index is 5.98. The first-order chi connectivity index (χ1) is 14.8. The number of hydrogen-bond donors (Lipinski definition) is 0. The summed E-state index contributed by atoms with van der Waals surface area (Å²) in [7, 11) is 0. The van der Waals surface area contributed by atoms with E-state index in [1.54, 1.807) is 6.08 Å². The second-order valence-electron chi connectivity index (χ2n) is 8.09. The molecular weight excluding hydrogens is 380 g/mol. The smallest absolute Gasteiger partial charge is 0.248 e. The highest BCUT2D eigenvalue weighted by Gasteiger charge is 2.23. The van der Waals surface area contributed by atoms with Gasteiger partial charge in [-0.1, -0.05) is 99.3 Å². The minimum atomic E-state index is 0.143. The van der Waals surface area contributed by atoms with Crippen molar-refractivity contribution in [1.29, 1.82) is 0 Å². The van der Waals surface area contributed by atoms with Gasteiger partial charge in [-0.3, -0.25) is 0 Å². The summed E-state index contributed by atoms with van der Waals surface area (Å²) in [6, 6.07) is 6.55. The summed E-state index contributed by atoms with van der Waals surface area (Å²) in [5.74, 6) is 1.75. The van der Waals surface area contributed by atoms with Crippen LogP contribution in [-0.4, -0.2) is 10.2 Å². The van der Waals surface area contributed by atoms with E-state index in [2.05, 4.69) is 82.6 Å². The summed E-state index contributed by atoms with van der Waals surface area (Å²) < 4.78 is 5.98. The topological polar surface area (TPSA) is 38.9 Å². The largest absolute Gasteiger partial charge is 0.416 e. The van der Waals surface area contributed by atoms with E-state index in [1.165, 1.54) is 5.56 Å². The minimum Gasteiger partial charge on any atom is -0.416 e. The van der Waals surface area contributed by atoms with E-state index in [0.717, 1.165) is 29.5 Å². The van der Waals surface area contributed by atoms with E-state index in [4.69, 9.17) is 4.42 Å². The molecule has 2 aromatic rings. The van der Waals surface area contributed by atoms with Crippen LogP contribution in [-0.2, 0) is 5.41 Å². The van der Waals surface area contributed by atoms with Crippen molar-refractivity contribution in [1.82, 2.24) is 10.2 Å². The van der Waals surface area contributed by atoms with Gasteiger partial charge in [-0.05, 0) is 54.4 Å². The average Bonchev–Trinajstić information content (AvgIpc) is 3.23. The zero-order valence-electron chi connectivity index (χ0n) is 21.5. The van der Waals surface area contributed by atoms with Gasteiger partial charge in [0.1, 0.15) is 0 Å². The zero-order valence-corrected chi connectivity index (χ0v) is 21.5. The van der Waals surface area contributed by atoms with Gasteiger partial charge in [0.15, 0.2) is 0 Å². The maximum atomic E-state index is 5.98. The van der Waals surface area contributed by atoms with E-state index >= 15 is 0 Å². The van der Waals surface area contributed by atoms with Gasteiger partial charge in [-0.25, -0.2) is 0 Å². The number of allylic oxidation sites excluding steroid dienone is 5. The predicted octanol–water partition coefficient (Wildman–Crippen LogP) is 8.96. The molecule has 1 heterocycles. The van der Waals surface area contributed by atoms with Crippen LogP contribution in [0.15, 0.2) is 53.5 Å². The fourth-order valence-electron chi connectivity index (χ4n) is 3.53. The number of aryl methyl sites for hydroxylation is 1. The van der Waals surface area contributed by atoms with Crippen molar-refractivity contribution in [2.24, 2.45) is 5.92 Å². The van der Waals surface area contributed by atoms with E-state index in [1.807, 2.05) is 39.8 Å². The minimum absolute atomic E-state index is 0.143. The Bertz CT molecular complexity index is 838. The summed E-state index contributed by atoms with van der Waals surface area (Å²) in [6.07, 6.45) is 9.68. The lowest BCUT2D eigenvalue weighted by Crippen LogP contribution is -2.19. The van der Waals surface area contributed by atoms with Gasteiger partial charge in [0, 0.05) is 11.1 Å². The molecule has 3 nitrogen and oxygen atoms in total. The third kappa shape index (κ3) is 8.69. The molecule has 0 spiro atoms. The van der Waals surface area contributed by atoms with Crippen molar-refractivity contribution in [3.63, 3.8) is 0 Å². The number of benzene rings is 1. The van der Waals surface area contributed by atoms with Gasteiger partial charge in [0.2, 0.25) is 11.8 Å². The molecule has 0 amide bonds. The second kappa shape index (κ2) is 14.6. The van der Waals surface area contributed by atoms with Crippen LogP contribution in [0.2, 0.25) is 0 Å². The highest BCUT2D eigenvalue weighted by Crippen LogP contribution is 2.34. The lowest BCUT2D eigenvalue weighted by Gasteiger charge is -2.28. The first-order valence-electron chi connectivity index (χ1n) is 11.7. The Hall–Kier alpha value is -2.42. The monoisotopic (exact) mass is 424 g/mol. The van der Waals surface area contributed by atoms with Crippen LogP contribution in [0.5, 0.6) is 0 Å². The molecule has 0 aliphatic rings. The van der Waals surface area contributed by atoms with Gasteiger partial charge in [-0.15, -0.1) is 10.2 Å². The highest BCUT2D eigenvalue weighted by atomic mass is 16.4. The molecule has 0 saturated heterocycles. The Balaban J connectivity index is 0.00000212. The van der Waals surface area contributed by atoms with Crippen molar-refractivity contribution in [2.45, 2.75) is 87.5 Å². The molecule has 0 bridgehead atoms. The molecule has 1 aromatic heterocycles. The molecular formula is C28H44N2O. The molecule has 0 radical (unpaired) electrons. The van der Waals surface area contributed by atoms with Crippen molar-refractivity contribution in [2.75, 3.05) is 0 Å². The Morgan fingerprint density at radius 2 is 1.77 bits per heavy atom. The second-order valence-corrected chi connectivity index (χ2v) is 8.09. The molecule has 31 heavy (non-hydrogen) atoms. The number of rotatable bonds is 8. The quantitative estimate of drug-likeness (QED) is 0.397. The highest BCUT2D eigenvalue weighted by molar-refractivity contribution is 5.69. The summed E-state index contributed by atoms with van der Waals surface area (Å²) >= 11 is 0. The van der Waals surface area contributed by atoms with Gasteiger partial charge >= 0.3 is 0 Å². The molecule has 2 rings (SSSR count). The maximum Gasteiger partial charge on any atom is 0.248 e. The third-order valence-corrected chi connectivity index (χ3v) is 4.66. The zero-order chi connectivity index (χ0) is 24.0. The van der Waals surface area contributed by atoms with Crippen molar-refractivity contribution in [3.8, 4) is 11.5 Å². The summed E-state index contributed by atoms with van der Waals surface area (Å²) in [6.45, 7) is 25.1. The van der Waals surface area contributed by atoms with Gasteiger partial charge in [0.05, 0.1) is 0 Å². The molecule has 3 heteroatoms. The molecule has 0 aliphatic carbocycles. The number of hydrogen-bond acceptors (Lipinski definition) is 3. The number of aromatic nitrogens is 2. The van der Waals surface area contributed by atoms with Crippen LogP contribution in [0.1, 0.15) is 92.2 Å². The third-order valence-electron chi connectivity index (χ3n) is 4.66. The molecule has 0 aliphatic heterocycles. The van der Waals surface area contributed by atoms with E-state index < -0.39 is 0 Å². The molecule has 172 valence electrons. The Labute approximate surface area is 191 Å². The van der Waals surface area contributed by atoms with Gasteiger partial charge in [-0.2, -0.15) is 0 Å². The first kappa shape index (κ1) is 28.6. The van der Waals surface area contributed by atoms with Crippen LogP contribution in [0, 0.1) is 12.8 Å².